The van der Waals surface area contributed by atoms with Crippen molar-refractivity contribution in [3.8, 4) is 0 Å². The molecule has 0 rings (SSSR count). The fraction of sp³-hybridized carbons (Fsp3) is 0.857. The molecule has 0 aliphatic carbocycles. The number of carbonyl (C=O) groups excluding carboxylic acids is 2. The highest BCUT2D eigenvalue weighted by atomic mass is 16.5. The maximum absolute atomic E-state index is 11.3. The molecular weight excluding hydrogens is 232 g/mol. The molecule has 0 aromatic heterocycles. The van der Waals surface area contributed by atoms with Crippen molar-refractivity contribution in [1.29, 1.82) is 0 Å². The quantitative estimate of drug-likeness (QED) is 0.597. The van der Waals surface area contributed by atoms with Crippen LogP contribution >= 0.6 is 0 Å². The van der Waals surface area contributed by atoms with Crippen molar-refractivity contribution in [1.82, 2.24) is 0 Å². The van der Waals surface area contributed by atoms with E-state index in [2.05, 4.69) is 13.8 Å². The van der Waals surface area contributed by atoms with Gasteiger partial charge in [0.05, 0.1) is 26.1 Å². The standard InChI is InChI=1S/C14H26O4/c1-5-12(4)10-18-14(16)7-6-13(15)17-9-8-11(2)3/h11-12H,5-10H2,1-4H3. The molecule has 0 heterocycles. The minimum Gasteiger partial charge on any atom is -0.466 e. The van der Waals surface area contributed by atoms with E-state index in [4.69, 9.17) is 9.47 Å². The van der Waals surface area contributed by atoms with Crippen LogP contribution in [0.4, 0.5) is 0 Å². The number of carbonyl (C=O) groups is 2. The maximum Gasteiger partial charge on any atom is 0.306 e. The molecule has 0 N–H and O–H groups in total. The van der Waals surface area contributed by atoms with Crippen LogP contribution in [0.3, 0.4) is 0 Å². The highest BCUT2D eigenvalue weighted by Crippen LogP contribution is 2.04. The highest BCUT2D eigenvalue weighted by Gasteiger charge is 2.10. The zero-order valence-corrected chi connectivity index (χ0v) is 12.0. The SMILES string of the molecule is CCC(C)COC(=O)CCC(=O)OCCC(C)C. The van der Waals surface area contributed by atoms with Crippen molar-refractivity contribution in [3.05, 3.63) is 0 Å². The van der Waals surface area contributed by atoms with Gasteiger partial charge in [0, 0.05) is 0 Å². The third kappa shape index (κ3) is 10.1. The summed E-state index contributed by atoms with van der Waals surface area (Å²) < 4.78 is 10.0. The van der Waals surface area contributed by atoms with E-state index in [1.54, 1.807) is 0 Å². The van der Waals surface area contributed by atoms with Gasteiger partial charge in [0.1, 0.15) is 0 Å². The number of ether oxygens (including phenoxy) is 2. The average molecular weight is 258 g/mol. The molecule has 18 heavy (non-hydrogen) atoms. The first kappa shape index (κ1) is 16.9. The van der Waals surface area contributed by atoms with Crippen molar-refractivity contribution in [2.45, 2.75) is 53.4 Å². The van der Waals surface area contributed by atoms with Gasteiger partial charge in [0.25, 0.3) is 0 Å². The Morgan fingerprint density at radius 2 is 1.56 bits per heavy atom. The summed E-state index contributed by atoms with van der Waals surface area (Å²) in [6.45, 7) is 9.06. The lowest BCUT2D eigenvalue weighted by molar-refractivity contribution is -0.151. The number of esters is 2. The summed E-state index contributed by atoms with van der Waals surface area (Å²) in [5.74, 6) is 0.234. The van der Waals surface area contributed by atoms with Crippen molar-refractivity contribution in [3.63, 3.8) is 0 Å². The third-order valence-corrected chi connectivity index (χ3v) is 2.72. The Bertz CT molecular complexity index is 248. The summed E-state index contributed by atoms with van der Waals surface area (Å²) in [6, 6.07) is 0. The number of hydrogen-bond acceptors (Lipinski definition) is 4. The first-order valence-corrected chi connectivity index (χ1v) is 6.76. The molecule has 1 atom stereocenters. The lowest BCUT2D eigenvalue weighted by atomic mass is 10.1. The largest absolute Gasteiger partial charge is 0.466 e. The second kappa shape index (κ2) is 9.92. The highest BCUT2D eigenvalue weighted by molar-refractivity contribution is 5.77. The van der Waals surface area contributed by atoms with Crippen LogP contribution in [-0.2, 0) is 19.1 Å². The minimum absolute atomic E-state index is 0.108. The van der Waals surface area contributed by atoms with Gasteiger partial charge in [-0.25, -0.2) is 0 Å². The van der Waals surface area contributed by atoms with Gasteiger partial charge in [-0.2, -0.15) is 0 Å². The molecule has 0 aliphatic rings. The summed E-state index contributed by atoms with van der Waals surface area (Å²) >= 11 is 0. The molecule has 0 fully saturated rings. The van der Waals surface area contributed by atoms with Crippen LogP contribution < -0.4 is 0 Å². The topological polar surface area (TPSA) is 52.6 Å². The monoisotopic (exact) mass is 258 g/mol. The molecule has 0 saturated heterocycles. The zero-order chi connectivity index (χ0) is 14.0. The summed E-state index contributed by atoms with van der Waals surface area (Å²) in [4.78, 5) is 22.6. The molecule has 0 radical (unpaired) electrons. The van der Waals surface area contributed by atoms with Crippen LogP contribution in [0.5, 0.6) is 0 Å². The first-order chi connectivity index (χ1) is 8.45. The summed E-state index contributed by atoms with van der Waals surface area (Å²) in [7, 11) is 0. The molecule has 0 amide bonds. The second-order valence-electron chi connectivity index (χ2n) is 5.10. The fourth-order valence-corrected chi connectivity index (χ4v) is 1.11. The van der Waals surface area contributed by atoms with Gasteiger partial charge in [-0.3, -0.25) is 9.59 Å². The zero-order valence-electron chi connectivity index (χ0n) is 12.0. The lowest BCUT2D eigenvalue weighted by Crippen LogP contribution is -2.14. The van der Waals surface area contributed by atoms with Gasteiger partial charge in [-0.05, 0) is 18.3 Å². The molecule has 0 aromatic carbocycles. The first-order valence-electron chi connectivity index (χ1n) is 6.76. The Hall–Kier alpha value is -1.06. The molecule has 0 aliphatic heterocycles. The van der Waals surface area contributed by atoms with Gasteiger partial charge in [0.2, 0.25) is 0 Å². The molecule has 0 aromatic rings. The van der Waals surface area contributed by atoms with E-state index < -0.39 is 0 Å². The second-order valence-corrected chi connectivity index (χ2v) is 5.10. The van der Waals surface area contributed by atoms with E-state index in [9.17, 15) is 9.59 Å². The molecular formula is C14H26O4. The number of rotatable bonds is 9. The lowest BCUT2D eigenvalue weighted by Gasteiger charge is -2.09. The Kier molecular flexibility index (Phi) is 9.33. The van der Waals surface area contributed by atoms with Crippen molar-refractivity contribution in [2.75, 3.05) is 13.2 Å². The average Bonchev–Trinajstić information content (AvgIpc) is 2.32. The maximum atomic E-state index is 11.3. The van der Waals surface area contributed by atoms with Crippen LogP contribution in [0.15, 0.2) is 0 Å². The van der Waals surface area contributed by atoms with Crippen molar-refractivity contribution in [2.24, 2.45) is 11.8 Å². The van der Waals surface area contributed by atoms with E-state index >= 15 is 0 Å². The Balaban J connectivity index is 3.56. The molecule has 0 spiro atoms. The summed E-state index contributed by atoms with van der Waals surface area (Å²) in [6.07, 6.45) is 2.04. The van der Waals surface area contributed by atoms with Gasteiger partial charge in [-0.15, -0.1) is 0 Å². The normalized spacial score (nSPS) is 12.3. The smallest absolute Gasteiger partial charge is 0.306 e. The Morgan fingerprint density at radius 1 is 1.00 bits per heavy atom. The third-order valence-electron chi connectivity index (χ3n) is 2.72. The van der Waals surface area contributed by atoms with E-state index in [1.165, 1.54) is 0 Å². The van der Waals surface area contributed by atoms with E-state index in [1.807, 2.05) is 13.8 Å². The molecule has 0 saturated carbocycles. The van der Waals surface area contributed by atoms with Crippen LogP contribution in [0.1, 0.15) is 53.4 Å². The van der Waals surface area contributed by atoms with Gasteiger partial charge in [-0.1, -0.05) is 34.1 Å². The molecule has 106 valence electrons. The van der Waals surface area contributed by atoms with E-state index in [0.717, 1.165) is 12.8 Å². The predicted molar refractivity (Wildman–Crippen MR) is 70.1 cm³/mol. The van der Waals surface area contributed by atoms with E-state index in [-0.39, 0.29) is 24.8 Å². The Morgan fingerprint density at radius 3 is 2.06 bits per heavy atom. The van der Waals surface area contributed by atoms with Crippen LogP contribution in [0.2, 0.25) is 0 Å². The molecule has 4 heteroatoms. The van der Waals surface area contributed by atoms with Crippen LogP contribution in [-0.4, -0.2) is 25.2 Å². The van der Waals surface area contributed by atoms with Crippen molar-refractivity contribution < 1.29 is 19.1 Å². The molecule has 1 unspecified atom stereocenters. The van der Waals surface area contributed by atoms with Crippen LogP contribution in [0, 0.1) is 11.8 Å². The van der Waals surface area contributed by atoms with E-state index in [0.29, 0.717) is 25.0 Å². The van der Waals surface area contributed by atoms with Crippen molar-refractivity contribution >= 4 is 11.9 Å². The van der Waals surface area contributed by atoms with Gasteiger partial charge >= 0.3 is 11.9 Å². The fourth-order valence-electron chi connectivity index (χ4n) is 1.11. The Labute approximate surface area is 110 Å². The summed E-state index contributed by atoms with van der Waals surface area (Å²) in [5, 5.41) is 0. The van der Waals surface area contributed by atoms with Crippen LogP contribution in [0.25, 0.3) is 0 Å². The summed E-state index contributed by atoms with van der Waals surface area (Å²) in [5.41, 5.74) is 0. The van der Waals surface area contributed by atoms with Gasteiger partial charge < -0.3 is 9.47 Å². The molecule has 4 nitrogen and oxygen atoms in total. The molecule has 0 bridgehead atoms. The minimum atomic E-state index is -0.323. The predicted octanol–water partition coefficient (Wildman–Crippen LogP) is 2.95. The van der Waals surface area contributed by atoms with Gasteiger partial charge in [0.15, 0.2) is 0 Å². The number of hydrogen-bond donors (Lipinski definition) is 0.